The number of amides is 4. The number of carbonyl (C=O) groups excluding carboxylic acids is 3. The summed E-state index contributed by atoms with van der Waals surface area (Å²) < 4.78 is 40.8. The van der Waals surface area contributed by atoms with Crippen molar-refractivity contribution >= 4 is 17.8 Å². The lowest BCUT2D eigenvalue weighted by atomic mass is 9.92. The molecule has 1 fully saturated rings. The summed E-state index contributed by atoms with van der Waals surface area (Å²) in [7, 11) is 1.46. The monoisotopic (exact) mass is 436 g/mol. The topological polar surface area (TPSA) is 73.0 Å². The lowest BCUT2D eigenvalue weighted by Crippen LogP contribution is -2.45. The van der Waals surface area contributed by atoms with Gasteiger partial charge in [0.25, 0.3) is 5.91 Å². The first-order valence-corrected chi connectivity index (χ1v) is 10.2. The molecule has 3 aliphatic heterocycles. The molecule has 1 N–H and O–H groups in total. The van der Waals surface area contributed by atoms with Crippen molar-refractivity contribution in [1.82, 2.24) is 20.0 Å². The number of hydrogen-bond donors (Lipinski definition) is 1. The second-order valence-corrected chi connectivity index (χ2v) is 7.99. The van der Waals surface area contributed by atoms with Gasteiger partial charge in [-0.15, -0.1) is 0 Å². The van der Waals surface area contributed by atoms with E-state index in [1.54, 1.807) is 4.90 Å². The van der Waals surface area contributed by atoms with Crippen molar-refractivity contribution in [2.24, 2.45) is 0 Å². The van der Waals surface area contributed by atoms with Crippen LogP contribution in [0.5, 0.6) is 0 Å². The Balaban J connectivity index is 1.64. The van der Waals surface area contributed by atoms with Crippen LogP contribution in [-0.4, -0.2) is 65.8 Å². The van der Waals surface area contributed by atoms with Gasteiger partial charge in [0.15, 0.2) is 0 Å². The molecule has 1 unspecified atom stereocenters. The van der Waals surface area contributed by atoms with Gasteiger partial charge in [0.2, 0.25) is 5.91 Å². The van der Waals surface area contributed by atoms with Crippen LogP contribution in [0.25, 0.3) is 0 Å². The zero-order valence-corrected chi connectivity index (χ0v) is 17.0. The summed E-state index contributed by atoms with van der Waals surface area (Å²) in [5.41, 5.74) is -0.707. The van der Waals surface area contributed by atoms with E-state index in [0.717, 1.165) is 25.3 Å². The number of rotatable bonds is 3. The Morgan fingerprint density at radius 2 is 1.81 bits per heavy atom. The van der Waals surface area contributed by atoms with E-state index in [1.807, 2.05) is 0 Å². The summed E-state index contributed by atoms with van der Waals surface area (Å²) in [6.45, 7) is 1.11. The summed E-state index contributed by atoms with van der Waals surface area (Å²) in [5, 5.41) is 2.52. The Kier molecular flexibility index (Phi) is 5.40. The van der Waals surface area contributed by atoms with Crippen molar-refractivity contribution in [3.8, 4) is 0 Å². The minimum absolute atomic E-state index is 0.00233. The number of alkyl halides is 3. The molecule has 1 saturated heterocycles. The van der Waals surface area contributed by atoms with E-state index in [2.05, 4.69) is 5.32 Å². The zero-order valence-electron chi connectivity index (χ0n) is 17.0. The van der Waals surface area contributed by atoms with Crippen molar-refractivity contribution in [3.05, 3.63) is 46.7 Å². The summed E-state index contributed by atoms with van der Waals surface area (Å²) >= 11 is 0. The van der Waals surface area contributed by atoms with Crippen LogP contribution >= 0.6 is 0 Å². The Morgan fingerprint density at radius 1 is 1.13 bits per heavy atom. The van der Waals surface area contributed by atoms with Crippen LogP contribution in [0.2, 0.25) is 0 Å². The lowest BCUT2D eigenvalue weighted by Gasteiger charge is -2.32. The molecule has 31 heavy (non-hydrogen) atoms. The van der Waals surface area contributed by atoms with E-state index in [1.165, 1.54) is 35.0 Å². The number of piperidine rings is 1. The fourth-order valence-corrected chi connectivity index (χ4v) is 4.40. The van der Waals surface area contributed by atoms with Gasteiger partial charge in [-0.3, -0.25) is 14.5 Å². The van der Waals surface area contributed by atoms with Gasteiger partial charge in [-0.1, -0.05) is 18.2 Å². The fourth-order valence-electron chi connectivity index (χ4n) is 4.40. The molecule has 1 aromatic carbocycles. The maximum absolute atomic E-state index is 13.6. The highest BCUT2D eigenvalue weighted by molar-refractivity contribution is 6.03. The molecule has 0 aromatic heterocycles. The van der Waals surface area contributed by atoms with Gasteiger partial charge >= 0.3 is 12.2 Å². The number of carbonyl (C=O) groups is 3. The number of likely N-dealkylation sites (N-methyl/N-ethyl adjacent to an activating group) is 1. The van der Waals surface area contributed by atoms with Crippen LogP contribution in [0.3, 0.4) is 0 Å². The van der Waals surface area contributed by atoms with Crippen molar-refractivity contribution in [2.45, 2.75) is 31.5 Å². The van der Waals surface area contributed by atoms with Crippen LogP contribution < -0.4 is 5.32 Å². The van der Waals surface area contributed by atoms with E-state index in [4.69, 9.17) is 0 Å². The molecular formula is C21H23F3N4O3. The van der Waals surface area contributed by atoms with Gasteiger partial charge in [-0.2, -0.15) is 13.2 Å². The second-order valence-electron chi connectivity index (χ2n) is 7.99. The first-order valence-electron chi connectivity index (χ1n) is 10.2. The van der Waals surface area contributed by atoms with Gasteiger partial charge in [0.05, 0.1) is 29.4 Å². The molecule has 0 radical (unpaired) electrons. The summed E-state index contributed by atoms with van der Waals surface area (Å²) in [5.74, 6) is -0.726. The van der Waals surface area contributed by atoms with E-state index in [9.17, 15) is 27.6 Å². The van der Waals surface area contributed by atoms with Gasteiger partial charge < -0.3 is 15.1 Å². The molecule has 7 nitrogen and oxygen atoms in total. The van der Waals surface area contributed by atoms with Crippen molar-refractivity contribution in [2.75, 3.05) is 33.2 Å². The Hall–Kier alpha value is -3.04. The Morgan fingerprint density at radius 3 is 2.48 bits per heavy atom. The molecule has 166 valence electrons. The molecule has 0 spiro atoms. The third-order valence-corrected chi connectivity index (χ3v) is 6.05. The van der Waals surface area contributed by atoms with Gasteiger partial charge in [-0.05, 0) is 30.9 Å². The van der Waals surface area contributed by atoms with Gasteiger partial charge in [0.1, 0.15) is 6.54 Å². The van der Waals surface area contributed by atoms with Gasteiger partial charge in [0, 0.05) is 20.1 Å². The van der Waals surface area contributed by atoms with Crippen molar-refractivity contribution in [1.29, 1.82) is 0 Å². The van der Waals surface area contributed by atoms with E-state index in [0.29, 0.717) is 18.8 Å². The number of nitrogens with zero attached hydrogens (tertiary/aromatic N) is 3. The molecular weight excluding hydrogens is 413 g/mol. The highest BCUT2D eigenvalue weighted by Gasteiger charge is 2.46. The normalized spacial score (nSPS) is 22.1. The number of likely N-dealkylation sites (tertiary alicyclic amines) is 1. The molecule has 0 saturated carbocycles. The number of urea groups is 1. The number of nitrogens with one attached hydrogen (secondary N) is 1. The SMILES string of the molecule is CN1C(=O)NC(c2ccccc2C(F)(F)F)C2=C1CN(CC(=O)N1CCCCC1)C2=O. The first-order chi connectivity index (χ1) is 14.7. The summed E-state index contributed by atoms with van der Waals surface area (Å²) in [6.07, 6.45) is -1.77. The maximum Gasteiger partial charge on any atom is 0.416 e. The van der Waals surface area contributed by atoms with Crippen LogP contribution in [0.15, 0.2) is 35.5 Å². The molecule has 3 heterocycles. The standard InChI is InChI=1S/C21H23F3N4O3/c1-26-15-11-28(12-16(29)27-9-5-2-6-10-27)19(30)17(15)18(25-20(26)31)13-7-3-4-8-14(13)21(22,23)24/h3-4,7-8,18H,2,5-6,9-12H2,1H3,(H,25,31). The molecule has 4 rings (SSSR count). The third kappa shape index (κ3) is 3.86. The third-order valence-electron chi connectivity index (χ3n) is 6.05. The first kappa shape index (κ1) is 21.2. The van der Waals surface area contributed by atoms with E-state index in [-0.39, 0.29) is 30.1 Å². The summed E-state index contributed by atoms with van der Waals surface area (Å²) in [6, 6.07) is 3.05. The molecule has 0 bridgehead atoms. The van der Waals surface area contributed by atoms with E-state index < -0.39 is 29.7 Å². The molecule has 0 aliphatic carbocycles. The molecule has 10 heteroatoms. The highest BCUT2D eigenvalue weighted by Crippen LogP contribution is 2.41. The fraction of sp³-hybridized carbons (Fsp3) is 0.476. The lowest BCUT2D eigenvalue weighted by molar-refractivity contribution is -0.138. The average molecular weight is 436 g/mol. The Labute approximate surface area is 177 Å². The molecule has 1 aromatic rings. The molecule has 3 aliphatic rings. The van der Waals surface area contributed by atoms with Crippen molar-refractivity contribution in [3.63, 3.8) is 0 Å². The summed E-state index contributed by atoms with van der Waals surface area (Å²) in [4.78, 5) is 42.5. The smallest absolute Gasteiger partial charge is 0.341 e. The maximum atomic E-state index is 13.6. The van der Waals surface area contributed by atoms with E-state index >= 15 is 0 Å². The van der Waals surface area contributed by atoms with Crippen LogP contribution in [0.4, 0.5) is 18.0 Å². The van der Waals surface area contributed by atoms with Gasteiger partial charge in [-0.25, -0.2) is 4.79 Å². The zero-order chi connectivity index (χ0) is 22.3. The Bertz CT molecular complexity index is 953. The minimum Gasteiger partial charge on any atom is -0.341 e. The van der Waals surface area contributed by atoms with Crippen molar-refractivity contribution < 1.29 is 27.6 Å². The van der Waals surface area contributed by atoms with Crippen LogP contribution in [0, 0.1) is 0 Å². The number of halogens is 3. The average Bonchev–Trinajstić information content (AvgIpc) is 3.07. The van der Waals surface area contributed by atoms with Crippen LogP contribution in [0.1, 0.15) is 36.4 Å². The quantitative estimate of drug-likeness (QED) is 0.792. The second kappa shape index (κ2) is 7.90. The minimum atomic E-state index is -4.64. The largest absolute Gasteiger partial charge is 0.416 e. The molecule has 4 amide bonds. The number of hydrogen-bond acceptors (Lipinski definition) is 3. The predicted molar refractivity (Wildman–Crippen MR) is 105 cm³/mol. The predicted octanol–water partition coefficient (Wildman–Crippen LogP) is 2.51. The van der Waals surface area contributed by atoms with Crippen LogP contribution in [-0.2, 0) is 15.8 Å². The number of benzene rings is 1. The highest BCUT2D eigenvalue weighted by atomic mass is 19.4. The molecule has 1 atom stereocenters.